The van der Waals surface area contributed by atoms with Gasteiger partial charge >= 0.3 is 12.4 Å². The molecule has 3 nitrogen and oxygen atoms in total. The van der Waals surface area contributed by atoms with E-state index in [4.69, 9.17) is 34.8 Å². The number of benzene rings is 2. The number of carbonyl (C=O) groups excluding carboxylic acids is 2. The third kappa shape index (κ3) is 8.38. The molecule has 0 spiro atoms. The highest BCUT2D eigenvalue weighted by molar-refractivity contribution is 6.48. The molecule has 1 amide bonds. The summed E-state index contributed by atoms with van der Waals surface area (Å²) in [5.74, 6) is -3.80. The van der Waals surface area contributed by atoms with Gasteiger partial charge in [0.25, 0.3) is 5.91 Å². The van der Waals surface area contributed by atoms with E-state index in [1.165, 1.54) is 6.92 Å². The fraction of sp³-hybridized carbons (Fsp3) is 0.360. The molecule has 37 heavy (non-hydrogen) atoms. The number of ketones is 1. The minimum atomic E-state index is -4.98. The minimum absolute atomic E-state index is 0.0663. The third-order valence-electron chi connectivity index (χ3n) is 5.32. The molecule has 2 aromatic carbocycles. The molecule has 0 saturated heterocycles. The quantitative estimate of drug-likeness (QED) is 0.248. The number of hydrogen-bond donors (Lipinski definition) is 1. The number of amides is 1. The van der Waals surface area contributed by atoms with E-state index in [1.54, 1.807) is 13.8 Å². The molecule has 2 rings (SSSR count). The van der Waals surface area contributed by atoms with E-state index in [0.717, 1.165) is 30.3 Å². The molecular weight excluding hydrogens is 567 g/mol. The molecule has 0 radical (unpaired) electrons. The highest BCUT2D eigenvalue weighted by atomic mass is 35.5. The highest BCUT2D eigenvalue weighted by Crippen LogP contribution is 2.41. The Hall–Kier alpha value is -2.23. The lowest BCUT2D eigenvalue weighted by Crippen LogP contribution is -2.36. The van der Waals surface area contributed by atoms with Crippen LogP contribution in [0, 0.1) is 5.92 Å². The Balaban J connectivity index is 2.41. The van der Waals surface area contributed by atoms with Gasteiger partial charge in [-0.25, -0.2) is 0 Å². The Morgan fingerprint density at radius 2 is 1.51 bits per heavy atom. The molecule has 2 aromatic rings. The second kappa shape index (κ2) is 12.1. The van der Waals surface area contributed by atoms with Crippen LogP contribution in [0.15, 0.2) is 36.4 Å². The molecule has 0 saturated carbocycles. The SMILES string of the molecule is CC(C)C(=O)C[C@@H](C)NC(=O)c1ccc(/C=C/C(c2cc(Cl)c(Cl)c(Cl)c2)C(F)(F)F)cc1C(F)(F)F. The summed E-state index contributed by atoms with van der Waals surface area (Å²) in [5, 5.41) is 1.79. The molecule has 0 heterocycles. The van der Waals surface area contributed by atoms with Crippen LogP contribution in [0.5, 0.6) is 0 Å². The van der Waals surface area contributed by atoms with Crippen molar-refractivity contribution in [1.82, 2.24) is 5.32 Å². The molecular formula is C25H22Cl3F6NO2. The molecule has 0 bridgehead atoms. The van der Waals surface area contributed by atoms with Crippen LogP contribution >= 0.6 is 34.8 Å². The summed E-state index contributed by atoms with van der Waals surface area (Å²) < 4.78 is 82.5. The van der Waals surface area contributed by atoms with Gasteiger partial charge in [0.2, 0.25) is 0 Å². The normalized spacial score (nSPS) is 14.2. The topological polar surface area (TPSA) is 46.2 Å². The zero-order valence-corrected chi connectivity index (χ0v) is 22.0. The fourth-order valence-corrected chi connectivity index (χ4v) is 3.97. The smallest absolute Gasteiger partial charge is 0.349 e. The Morgan fingerprint density at radius 1 is 0.946 bits per heavy atom. The number of carbonyl (C=O) groups is 2. The lowest BCUT2D eigenvalue weighted by atomic mass is 9.96. The van der Waals surface area contributed by atoms with Gasteiger partial charge in [0.1, 0.15) is 5.78 Å². The van der Waals surface area contributed by atoms with Crippen molar-refractivity contribution in [2.45, 2.75) is 51.5 Å². The van der Waals surface area contributed by atoms with Crippen molar-refractivity contribution in [3.63, 3.8) is 0 Å². The summed E-state index contributed by atoms with van der Waals surface area (Å²) in [6, 6.07) is 3.74. The van der Waals surface area contributed by atoms with Gasteiger partial charge in [0, 0.05) is 18.4 Å². The predicted molar refractivity (Wildman–Crippen MR) is 132 cm³/mol. The van der Waals surface area contributed by atoms with Crippen LogP contribution in [0.2, 0.25) is 15.1 Å². The third-order valence-corrected chi connectivity index (χ3v) is 6.52. The van der Waals surface area contributed by atoms with E-state index in [9.17, 15) is 35.9 Å². The first-order valence-corrected chi connectivity index (χ1v) is 12.0. The van der Waals surface area contributed by atoms with E-state index in [2.05, 4.69) is 5.32 Å². The Kier molecular flexibility index (Phi) is 10.1. The number of halogens is 9. The second-order valence-electron chi connectivity index (χ2n) is 8.68. The average Bonchev–Trinajstić information content (AvgIpc) is 2.75. The molecule has 0 aromatic heterocycles. The van der Waals surface area contributed by atoms with Crippen molar-refractivity contribution >= 4 is 52.6 Å². The van der Waals surface area contributed by atoms with Crippen LogP contribution in [-0.2, 0) is 11.0 Å². The van der Waals surface area contributed by atoms with Crippen molar-refractivity contribution in [3.05, 3.63) is 73.7 Å². The van der Waals surface area contributed by atoms with E-state index in [-0.39, 0.29) is 44.3 Å². The molecule has 1 unspecified atom stereocenters. The average molecular weight is 589 g/mol. The van der Waals surface area contributed by atoms with Gasteiger partial charge < -0.3 is 5.32 Å². The summed E-state index contributed by atoms with van der Waals surface area (Å²) in [7, 11) is 0. The number of nitrogens with one attached hydrogen (secondary N) is 1. The van der Waals surface area contributed by atoms with Gasteiger partial charge in [-0.2, -0.15) is 26.3 Å². The van der Waals surface area contributed by atoms with Crippen molar-refractivity contribution in [3.8, 4) is 0 Å². The maximum Gasteiger partial charge on any atom is 0.417 e. The van der Waals surface area contributed by atoms with Gasteiger partial charge in [-0.05, 0) is 42.3 Å². The van der Waals surface area contributed by atoms with E-state index in [0.29, 0.717) is 12.1 Å². The van der Waals surface area contributed by atoms with Crippen LogP contribution in [-0.4, -0.2) is 23.9 Å². The van der Waals surface area contributed by atoms with Crippen molar-refractivity contribution < 1.29 is 35.9 Å². The zero-order valence-electron chi connectivity index (χ0n) is 19.7. The number of hydrogen-bond acceptors (Lipinski definition) is 2. The monoisotopic (exact) mass is 587 g/mol. The standard InChI is InChI=1S/C25H22Cl3F6NO2/c1-12(2)21(36)8-13(3)35-23(37)16-6-4-14(9-18(16)25(32,33)34)5-7-17(24(29,30)31)15-10-19(26)22(28)20(27)11-15/h4-7,9-13,17H,8H2,1-3H3,(H,35,37)/b7-5+/t13-,17?/m1/s1. The van der Waals surface area contributed by atoms with Gasteiger partial charge in [0.15, 0.2) is 0 Å². The zero-order chi connectivity index (χ0) is 28.3. The van der Waals surface area contributed by atoms with Crippen molar-refractivity contribution in [2.75, 3.05) is 0 Å². The molecule has 0 aliphatic heterocycles. The first-order valence-electron chi connectivity index (χ1n) is 10.9. The Bertz CT molecular complexity index is 1170. The van der Waals surface area contributed by atoms with Gasteiger partial charge in [-0.15, -0.1) is 0 Å². The molecule has 202 valence electrons. The van der Waals surface area contributed by atoms with Gasteiger partial charge in [-0.1, -0.05) is 66.9 Å². The molecule has 2 atom stereocenters. The number of allylic oxidation sites excluding steroid dienone is 1. The Morgan fingerprint density at radius 3 is 2.00 bits per heavy atom. The van der Waals surface area contributed by atoms with E-state index >= 15 is 0 Å². The van der Waals surface area contributed by atoms with E-state index in [1.807, 2.05) is 0 Å². The number of alkyl halides is 6. The predicted octanol–water partition coefficient (Wildman–Crippen LogP) is 8.76. The first kappa shape index (κ1) is 31.0. The summed E-state index contributed by atoms with van der Waals surface area (Å²) in [5.41, 5.74) is -2.65. The second-order valence-corrected chi connectivity index (χ2v) is 9.87. The van der Waals surface area contributed by atoms with Crippen LogP contribution in [0.3, 0.4) is 0 Å². The van der Waals surface area contributed by atoms with Crippen LogP contribution in [0.4, 0.5) is 26.3 Å². The largest absolute Gasteiger partial charge is 0.417 e. The summed E-state index contributed by atoms with van der Waals surface area (Å²) >= 11 is 17.5. The van der Waals surface area contributed by atoms with Crippen molar-refractivity contribution in [2.24, 2.45) is 5.92 Å². The molecule has 0 fully saturated rings. The highest BCUT2D eigenvalue weighted by Gasteiger charge is 2.40. The summed E-state index contributed by atoms with van der Waals surface area (Å²) in [4.78, 5) is 24.4. The maximum atomic E-state index is 13.7. The van der Waals surface area contributed by atoms with Gasteiger partial charge in [-0.3, -0.25) is 9.59 Å². The molecule has 0 aliphatic rings. The van der Waals surface area contributed by atoms with E-state index < -0.39 is 41.3 Å². The lowest BCUT2D eigenvalue weighted by molar-refractivity contribution is -0.139. The summed E-state index contributed by atoms with van der Waals surface area (Å²) in [6.45, 7) is 4.80. The molecule has 0 aliphatic carbocycles. The van der Waals surface area contributed by atoms with Crippen LogP contribution in [0.25, 0.3) is 6.08 Å². The number of rotatable bonds is 8. The minimum Gasteiger partial charge on any atom is -0.349 e. The van der Waals surface area contributed by atoms with Crippen LogP contribution in [0.1, 0.15) is 60.2 Å². The lowest BCUT2D eigenvalue weighted by Gasteiger charge is -2.19. The maximum absolute atomic E-state index is 13.7. The Labute approximate surface area is 224 Å². The van der Waals surface area contributed by atoms with Crippen LogP contribution < -0.4 is 5.32 Å². The first-order chi connectivity index (χ1) is 16.9. The number of Topliss-reactive ketones (excluding diaryl/α,β-unsaturated/α-hetero) is 1. The van der Waals surface area contributed by atoms with Crippen molar-refractivity contribution in [1.29, 1.82) is 0 Å². The van der Waals surface area contributed by atoms with Gasteiger partial charge in [0.05, 0.1) is 32.1 Å². The molecule has 12 heteroatoms. The molecule has 1 N–H and O–H groups in total. The fourth-order valence-electron chi connectivity index (χ4n) is 3.36. The summed E-state index contributed by atoms with van der Waals surface area (Å²) in [6.07, 6.45) is -8.36.